The second-order valence-corrected chi connectivity index (χ2v) is 22.4. The zero-order valence-corrected chi connectivity index (χ0v) is 50.8. The van der Waals surface area contributed by atoms with Gasteiger partial charge in [-0.3, -0.25) is 14.4 Å². The third-order valence-corrected chi connectivity index (χ3v) is 14.8. The van der Waals surface area contributed by atoms with Crippen molar-refractivity contribution in [2.45, 2.75) is 354 Å². The molecule has 0 aliphatic rings. The molecule has 6 nitrogen and oxygen atoms in total. The van der Waals surface area contributed by atoms with Crippen LogP contribution in [0.3, 0.4) is 0 Å². The molecule has 0 radical (unpaired) electrons. The van der Waals surface area contributed by atoms with Crippen LogP contribution in [0.4, 0.5) is 0 Å². The molecule has 442 valence electrons. The maximum atomic E-state index is 12.9. The average Bonchev–Trinajstić information content (AvgIpc) is 3.42. The van der Waals surface area contributed by atoms with Crippen molar-refractivity contribution in [3.05, 3.63) is 60.8 Å². The molecule has 0 aliphatic heterocycles. The van der Waals surface area contributed by atoms with Crippen LogP contribution in [0.1, 0.15) is 348 Å². The minimum atomic E-state index is -0.773. The lowest BCUT2D eigenvalue weighted by molar-refractivity contribution is -0.167. The van der Waals surface area contributed by atoms with Crippen molar-refractivity contribution in [1.29, 1.82) is 0 Å². The summed E-state index contributed by atoms with van der Waals surface area (Å²) in [5, 5.41) is 0. The molecule has 0 aliphatic carbocycles. The number of carbonyl (C=O) groups is 3. The predicted octanol–water partition coefficient (Wildman–Crippen LogP) is 22.7. The van der Waals surface area contributed by atoms with E-state index >= 15 is 0 Å². The Labute approximate surface area is 472 Å². The molecule has 0 spiro atoms. The first-order chi connectivity index (χ1) is 37.5. The van der Waals surface area contributed by atoms with Gasteiger partial charge in [-0.2, -0.15) is 0 Å². The smallest absolute Gasteiger partial charge is 0.306 e. The predicted molar refractivity (Wildman–Crippen MR) is 330 cm³/mol. The summed E-state index contributed by atoms with van der Waals surface area (Å²) in [7, 11) is 0. The maximum Gasteiger partial charge on any atom is 0.306 e. The number of esters is 3. The van der Waals surface area contributed by atoms with Gasteiger partial charge in [0.25, 0.3) is 0 Å². The van der Waals surface area contributed by atoms with Crippen molar-refractivity contribution in [2.24, 2.45) is 0 Å². The van der Waals surface area contributed by atoms with E-state index in [9.17, 15) is 14.4 Å². The highest BCUT2D eigenvalue weighted by Gasteiger charge is 2.19. The molecule has 0 fully saturated rings. The fraction of sp³-hybridized carbons (Fsp3) is 0.814. The van der Waals surface area contributed by atoms with Crippen LogP contribution < -0.4 is 0 Å². The molecule has 0 aromatic carbocycles. The van der Waals surface area contributed by atoms with Crippen LogP contribution in [-0.4, -0.2) is 37.2 Å². The van der Waals surface area contributed by atoms with Crippen LogP contribution in [0.25, 0.3) is 0 Å². The first-order valence-corrected chi connectivity index (χ1v) is 33.3. The van der Waals surface area contributed by atoms with E-state index in [2.05, 4.69) is 81.5 Å². The van der Waals surface area contributed by atoms with Gasteiger partial charge in [-0.1, -0.05) is 306 Å². The zero-order chi connectivity index (χ0) is 55.0. The molecule has 76 heavy (non-hydrogen) atoms. The molecule has 0 rings (SSSR count). The van der Waals surface area contributed by atoms with E-state index in [1.165, 1.54) is 218 Å². The number of hydrogen-bond donors (Lipinski definition) is 0. The Morgan fingerprint density at radius 1 is 0.276 bits per heavy atom. The zero-order valence-electron chi connectivity index (χ0n) is 50.8. The fourth-order valence-corrected chi connectivity index (χ4v) is 9.79. The molecular weight excluding hydrogens is 937 g/mol. The molecule has 0 N–H and O–H groups in total. The Balaban J connectivity index is 4.06. The van der Waals surface area contributed by atoms with Crippen LogP contribution in [0.2, 0.25) is 0 Å². The van der Waals surface area contributed by atoms with Crippen molar-refractivity contribution in [1.82, 2.24) is 0 Å². The molecule has 0 saturated carbocycles. The van der Waals surface area contributed by atoms with E-state index in [4.69, 9.17) is 14.2 Å². The van der Waals surface area contributed by atoms with Crippen molar-refractivity contribution < 1.29 is 28.6 Å². The standard InChI is InChI=1S/C70H126O6/c1-4-7-10-13-16-19-22-24-26-27-28-29-30-31-32-33-34-35-36-37-38-39-40-41-42-43-44-46-48-51-54-57-60-63-69(72)75-66-67(65-74-68(71)62-59-56-53-50-47-21-18-15-12-9-6-3)76-70(73)64-61-58-55-52-49-45-25-23-20-17-14-11-8-5-2/h7,10,16,19,23-26,28-29,67H,4-6,8-9,11-15,17-18,20-22,27,30-66H2,1-3H3/b10-7-,19-16-,25-23-,26-24-,29-28-. The maximum absolute atomic E-state index is 12.9. The Morgan fingerprint density at radius 2 is 0.513 bits per heavy atom. The van der Waals surface area contributed by atoms with E-state index in [1.807, 2.05) is 0 Å². The van der Waals surface area contributed by atoms with Gasteiger partial charge in [-0.05, 0) is 83.5 Å². The second kappa shape index (κ2) is 64.6. The normalized spacial score (nSPS) is 12.4. The summed E-state index contributed by atoms with van der Waals surface area (Å²) in [5.41, 5.74) is 0. The number of hydrogen-bond acceptors (Lipinski definition) is 6. The van der Waals surface area contributed by atoms with Crippen molar-refractivity contribution in [3.63, 3.8) is 0 Å². The minimum Gasteiger partial charge on any atom is -0.462 e. The molecular formula is C70H126O6. The van der Waals surface area contributed by atoms with Gasteiger partial charge in [0.2, 0.25) is 0 Å². The Morgan fingerprint density at radius 3 is 0.816 bits per heavy atom. The number of ether oxygens (including phenoxy) is 3. The van der Waals surface area contributed by atoms with Crippen LogP contribution in [0.5, 0.6) is 0 Å². The molecule has 1 atom stereocenters. The third kappa shape index (κ3) is 62.0. The van der Waals surface area contributed by atoms with Crippen LogP contribution in [0, 0.1) is 0 Å². The molecule has 0 heterocycles. The molecule has 0 amide bonds. The lowest BCUT2D eigenvalue weighted by atomic mass is 10.0. The SMILES string of the molecule is CC/C=C\C/C=C\C/C=C\C/C=C\CCCCCCCCCCCCCCCCCCCCCCC(=O)OCC(COC(=O)CCCCCCCCCCCCC)OC(=O)CCCCCCC/C=C\CCCCCCC. The van der Waals surface area contributed by atoms with Crippen molar-refractivity contribution in [3.8, 4) is 0 Å². The van der Waals surface area contributed by atoms with Gasteiger partial charge in [0.05, 0.1) is 0 Å². The molecule has 0 aromatic rings. The van der Waals surface area contributed by atoms with Gasteiger partial charge in [0.15, 0.2) is 6.10 Å². The van der Waals surface area contributed by atoms with Gasteiger partial charge < -0.3 is 14.2 Å². The number of allylic oxidation sites excluding steroid dienone is 10. The summed E-state index contributed by atoms with van der Waals surface area (Å²) >= 11 is 0. The number of unbranched alkanes of at least 4 members (excludes halogenated alkanes) is 40. The third-order valence-electron chi connectivity index (χ3n) is 14.8. The summed E-state index contributed by atoms with van der Waals surface area (Å²) in [6, 6.07) is 0. The van der Waals surface area contributed by atoms with Gasteiger partial charge in [0, 0.05) is 19.3 Å². The Bertz CT molecular complexity index is 1360. The Kier molecular flexibility index (Phi) is 62.2. The number of rotatable bonds is 61. The van der Waals surface area contributed by atoms with Crippen LogP contribution in [0.15, 0.2) is 60.8 Å². The monoisotopic (exact) mass is 1060 g/mol. The van der Waals surface area contributed by atoms with Gasteiger partial charge in [0.1, 0.15) is 13.2 Å². The first kappa shape index (κ1) is 73.1. The van der Waals surface area contributed by atoms with E-state index < -0.39 is 6.10 Å². The quantitative estimate of drug-likeness (QED) is 0.0261. The fourth-order valence-electron chi connectivity index (χ4n) is 9.79. The van der Waals surface area contributed by atoms with Gasteiger partial charge in [-0.15, -0.1) is 0 Å². The molecule has 6 heteroatoms. The lowest BCUT2D eigenvalue weighted by Gasteiger charge is -2.18. The largest absolute Gasteiger partial charge is 0.462 e. The van der Waals surface area contributed by atoms with E-state index in [0.717, 1.165) is 89.9 Å². The highest BCUT2D eigenvalue weighted by molar-refractivity contribution is 5.71. The summed E-state index contributed by atoms with van der Waals surface area (Å²) in [4.78, 5) is 38.2. The minimum absolute atomic E-state index is 0.0714. The summed E-state index contributed by atoms with van der Waals surface area (Å²) in [6.45, 7) is 6.55. The highest BCUT2D eigenvalue weighted by atomic mass is 16.6. The highest BCUT2D eigenvalue weighted by Crippen LogP contribution is 2.18. The van der Waals surface area contributed by atoms with Crippen LogP contribution in [-0.2, 0) is 28.6 Å². The number of carbonyl (C=O) groups excluding carboxylic acids is 3. The lowest BCUT2D eigenvalue weighted by Crippen LogP contribution is -2.30. The van der Waals surface area contributed by atoms with Crippen LogP contribution >= 0.6 is 0 Å². The summed E-state index contributed by atoms with van der Waals surface area (Å²) in [6.07, 6.45) is 82.6. The summed E-state index contributed by atoms with van der Waals surface area (Å²) < 4.78 is 16.9. The summed E-state index contributed by atoms with van der Waals surface area (Å²) in [5.74, 6) is -0.861. The second-order valence-electron chi connectivity index (χ2n) is 22.4. The van der Waals surface area contributed by atoms with E-state index in [-0.39, 0.29) is 31.1 Å². The first-order valence-electron chi connectivity index (χ1n) is 33.3. The molecule has 0 saturated heterocycles. The van der Waals surface area contributed by atoms with Gasteiger partial charge >= 0.3 is 17.9 Å². The average molecular weight is 1060 g/mol. The van der Waals surface area contributed by atoms with E-state index in [0.29, 0.717) is 19.3 Å². The molecule has 0 aromatic heterocycles. The van der Waals surface area contributed by atoms with Crippen molar-refractivity contribution in [2.75, 3.05) is 13.2 Å². The van der Waals surface area contributed by atoms with Gasteiger partial charge in [-0.25, -0.2) is 0 Å². The molecule has 1 unspecified atom stereocenters. The Hall–Kier alpha value is -2.89. The van der Waals surface area contributed by atoms with Crippen molar-refractivity contribution >= 4 is 17.9 Å². The van der Waals surface area contributed by atoms with E-state index in [1.54, 1.807) is 0 Å². The topological polar surface area (TPSA) is 78.9 Å². The molecule has 0 bridgehead atoms.